The van der Waals surface area contributed by atoms with Crippen molar-refractivity contribution in [3.63, 3.8) is 0 Å². The Morgan fingerprint density at radius 2 is 1.74 bits per heavy atom. The highest BCUT2D eigenvalue weighted by Gasteiger charge is 2.41. The van der Waals surface area contributed by atoms with Crippen LogP contribution in [-0.2, 0) is 5.60 Å². The number of hydrogen-bond donors (Lipinski definition) is 1. The lowest BCUT2D eigenvalue weighted by atomic mass is 9.81. The molecule has 2 atom stereocenters. The summed E-state index contributed by atoms with van der Waals surface area (Å²) in [5.74, 6) is 0.773. The Kier molecular flexibility index (Phi) is 2.55. The third kappa shape index (κ3) is 1.61. The normalized spacial score (nSPS) is 21.5. The first-order chi connectivity index (χ1) is 9.16. The predicted octanol–water partition coefficient (Wildman–Crippen LogP) is 2.81. The highest BCUT2D eigenvalue weighted by molar-refractivity contribution is 5.76. The average Bonchev–Trinajstić information content (AvgIpc) is 2.47. The van der Waals surface area contributed by atoms with Crippen LogP contribution in [0.4, 0.5) is 0 Å². The van der Waals surface area contributed by atoms with E-state index in [1.807, 2.05) is 55.5 Å². The van der Waals surface area contributed by atoms with Gasteiger partial charge in [-0.25, -0.2) is 0 Å². The van der Waals surface area contributed by atoms with Crippen molar-refractivity contribution in [3.8, 4) is 22.9 Å². The Morgan fingerprint density at radius 3 is 2.47 bits per heavy atom. The van der Waals surface area contributed by atoms with E-state index >= 15 is 0 Å². The average molecular weight is 250 g/mol. The van der Waals surface area contributed by atoms with Gasteiger partial charge in [-0.2, -0.15) is 5.26 Å². The van der Waals surface area contributed by atoms with Crippen LogP contribution in [0.3, 0.4) is 0 Å². The molecule has 0 saturated carbocycles. The molecule has 1 aliphatic heterocycles. The van der Waals surface area contributed by atoms with E-state index in [-0.39, 0.29) is 0 Å². The Labute approximate surface area is 112 Å². The lowest BCUT2D eigenvalue weighted by Gasteiger charge is -2.39. The van der Waals surface area contributed by atoms with Gasteiger partial charge in [-0.15, -0.1) is 0 Å². The lowest BCUT2D eigenvalue weighted by Crippen LogP contribution is -2.48. The van der Waals surface area contributed by atoms with Gasteiger partial charge in [-0.3, -0.25) is 0 Å². The molecule has 0 saturated heterocycles. The second-order valence-corrected chi connectivity index (χ2v) is 4.86. The van der Waals surface area contributed by atoms with E-state index in [2.05, 4.69) is 6.07 Å². The molecule has 0 fully saturated rings. The summed E-state index contributed by atoms with van der Waals surface area (Å²) in [5.41, 5.74) is 8.23. The van der Waals surface area contributed by atoms with Crippen LogP contribution in [0.25, 0.3) is 11.1 Å². The molecule has 2 aromatic carbocycles. The SMILES string of the molecule is CC1(C(N)C#N)Oc2ccccc2-c2ccccc21. The van der Waals surface area contributed by atoms with Crippen LogP contribution in [-0.4, -0.2) is 6.04 Å². The van der Waals surface area contributed by atoms with Gasteiger partial charge in [0, 0.05) is 11.1 Å². The zero-order valence-electron chi connectivity index (χ0n) is 10.6. The number of para-hydroxylation sites is 1. The molecule has 3 heteroatoms. The molecule has 0 aliphatic carbocycles. The maximum Gasteiger partial charge on any atom is 0.160 e. The van der Waals surface area contributed by atoms with E-state index in [1.165, 1.54) is 0 Å². The summed E-state index contributed by atoms with van der Waals surface area (Å²) >= 11 is 0. The number of nitriles is 1. The summed E-state index contributed by atoms with van der Waals surface area (Å²) in [5, 5.41) is 9.17. The first-order valence-electron chi connectivity index (χ1n) is 6.20. The molecule has 0 bridgehead atoms. The summed E-state index contributed by atoms with van der Waals surface area (Å²) in [4.78, 5) is 0. The summed E-state index contributed by atoms with van der Waals surface area (Å²) in [6, 6.07) is 17.2. The van der Waals surface area contributed by atoms with Crippen LogP contribution < -0.4 is 10.5 Å². The van der Waals surface area contributed by atoms with Crippen LogP contribution in [0, 0.1) is 11.3 Å². The van der Waals surface area contributed by atoms with Crippen LogP contribution in [0.5, 0.6) is 5.75 Å². The molecule has 3 rings (SSSR count). The third-order valence-electron chi connectivity index (χ3n) is 3.69. The number of fused-ring (bicyclic) bond motifs is 3. The minimum Gasteiger partial charge on any atom is -0.479 e. The van der Waals surface area contributed by atoms with Gasteiger partial charge >= 0.3 is 0 Å². The van der Waals surface area contributed by atoms with Crippen molar-refractivity contribution >= 4 is 0 Å². The summed E-state index contributed by atoms with van der Waals surface area (Å²) < 4.78 is 6.05. The third-order valence-corrected chi connectivity index (χ3v) is 3.69. The fraction of sp³-hybridized carbons (Fsp3) is 0.188. The highest BCUT2D eigenvalue weighted by atomic mass is 16.5. The molecule has 0 spiro atoms. The van der Waals surface area contributed by atoms with Gasteiger partial charge in [0.1, 0.15) is 11.8 Å². The quantitative estimate of drug-likeness (QED) is 0.846. The molecule has 1 aliphatic rings. The monoisotopic (exact) mass is 250 g/mol. The van der Waals surface area contributed by atoms with Crippen molar-refractivity contribution < 1.29 is 4.74 Å². The molecule has 19 heavy (non-hydrogen) atoms. The zero-order valence-corrected chi connectivity index (χ0v) is 10.6. The number of ether oxygens (including phenoxy) is 1. The van der Waals surface area contributed by atoms with Crippen LogP contribution in [0.1, 0.15) is 12.5 Å². The maximum atomic E-state index is 9.17. The second-order valence-electron chi connectivity index (χ2n) is 4.86. The molecule has 0 radical (unpaired) electrons. The van der Waals surface area contributed by atoms with Gasteiger partial charge in [0.15, 0.2) is 5.60 Å². The number of hydrogen-bond acceptors (Lipinski definition) is 3. The minimum atomic E-state index is -0.820. The van der Waals surface area contributed by atoms with Crippen molar-refractivity contribution in [2.45, 2.75) is 18.6 Å². The zero-order chi connectivity index (χ0) is 13.5. The van der Waals surface area contributed by atoms with Crippen molar-refractivity contribution in [1.82, 2.24) is 0 Å². The van der Waals surface area contributed by atoms with Gasteiger partial charge in [0.05, 0.1) is 6.07 Å². The fourth-order valence-corrected chi connectivity index (χ4v) is 2.57. The van der Waals surface area contributed by atoms with Gasteiger partial charge in [-0.05, 0) is 18.6 Å². The summed E-state index contributed by atoms with van der Waals surface area (Å²) in [7, 11) is 0. The Balaban J connectivity index is 2.29. The molecule has 0 amide bonds. The summed E-state index contributed by atoms with van der Waals surface area (Å²) in [6.45, 7) is 1.87. The molecule has 0 aromatic heterocycles. The Bertz CT molecular complexity index is 674. The van der Waals surface area contributed by atoms with E-state index in [9.17, 15) is 5.26 Å². The van der Waals surface area contributed by atoms with E-state index in [0.29, 0.717) is 0 Å². The Morgan fingerprint density at radius 1 is 1.11 bits per heavy atom. The largest absolute Gasteiger partial charge is 0.479 e. The van der Waals surface area contributed by atoms with Crippen LogP contribution in [0.15, 0.2) is 48.5 Å². The molecule has 2 aromatic rings. The lowest BCUT2D eigenvalue weighted by molar-refractivity contribution is 0.0724. The standard InChI is InChI=1S/C16H14N2O/c1-16(15(18)10-17)13-8-4-2-6-11(13)12-7-3-5-9-14(12)19-16/h2-9,15H,18H2,1H3. The van der Waals surface area contributed by atoms with Crippen molar-refractivity contribution in [2.75, 3.05) is 0 Å². The van der Waals surface area contributed by atoms with Crippen LogP contribution >= 0.6 is 0 Å². The molecular formula is C16H14N2O. The molecule has 2 unspecified atom stereocenters. The fourth-order valence-electron chi connectivity index (χ4n) is 2.57. The molecular weight excluding hydrogens is 236 g/mol. The van der Waals surface area contributed by atoms with Crippen molar-refractivity contribution in [1.29, 1.82) is 5.26 Å². The van der Waals surface area contributed by atoms with E-state index < -0.39 is 11.6 Å². The maximum absolute atomic E-state index is 9.17. The van der Waals surface area contributed by atoms with Gasteiger partial charge in [0.25, 0.3) is 0 Å². The number of nitrogens with two attached hydrogens (primary N) is 1. The van der Waals surface area contributed by atoms with Crippen molar-refractivity contribution in [3.05, 3.63) is 54.1 Å². The van der Waals surface area contributed by atoms with Crippen LogP contribution in [0.2, 0.25) is 0 Å². The highest BCUT2D eigenvalue weighted by Crippen LogP contribution is 2.45. The Hall–Kier alpha value is -2.31. The van der Waals surface area contributed by atoms with Crippen molar-refractivity contribution in [2.24, 2.45) is 5.73 Å². The smallest absolute Gasteiger partial charge is 0.160 e. The number of rotatable bonds is 1. The molecule has 3 nitrogen and oxygen atoms in total. The number of benzene rings is 2. The first-order valence-corrected chi connectivity index (χ1v) is 6.20. The second kappa shape index (κ2) is 4.11. The minimum absolute atomic E-state index is 0.720. The van der Waals surface area contributed by atoms with Gasteiger partial charge < -0.3 is 10.5 Å². The van der Waals surface area contributed by atoms with Gasteiger partial charge in [0.2, 0.25) is 0 Å². The molecule has 2 N–H and O–H groups in total. The molecule has 1 heterocycles. The number of nitrogens with zero attached hydrogens (tertiary/aromatic N) is 1. The topological polar surface area (TPSA) is 59.0 Å². The first kappa shape index (κ1) is 11.8. The van der Waals surface area contributed by atoms with E-state index in [4.69, 9.17) is 10.5 Å². The molecule has 94 valence electrons. The van der Waals surface area contributed by atoms with Gasteiger partial charge in [-0.1, -0.05) is 42.5 Å². The van der Waals surface area contributed by atoms with E-state index in [1.54, 1.807) is 0 Å². The summed E-state index contributed by atoms with van der Waals surface area (Å²) in [6.07, 6.45) is 0. The predicted molar refractivity (Wildman–Crippen MR) is 73.4 cm³/mol. The van der Waals surface area contributed by atoms with E-state index in [0.717, 1.165) is 22.4 Å².